The molecule has 0 heterocycles. The molecule has 2 rings (SSSR count). The Balaban J connectivity index is 1.76. The standard InChI is InChI=1S/C19H22ClNO3/c1-13-7-6-10-17(14(13)2)23-12-11-21-19(22)15(3)24-18-9-5-4-8-16(18)20/h4-10,15H,11-12H2,1-3H3,(H,21,22). The van der Waals surface area contributed by atoms with Crippen molar-refractivity contribution in [1.29, 1.82) is 0 Å². The van der Waals surface area contributed by atoms with Gasteiger partial charge in [-0.15, -0.1) is 0 Å². The van der Waals surface area contributed by atoms with Crippen molar-refractivity contribution in [3.05, 3.63) is 58.6 Å². The highest BCUT2D eigenvalue weighted by molar-refractivity contribution is 6.32. The van der Waals surface area contributed by atoms with E-state index in [2.05, 4.69) is 5.32 Å². The third-order valence-corrected chi connectivity index (χ3v) is 4.04. The van der Waals surface area contributed by atoms with Crippen LogP contribution in [0.4, 0.5) is 0 Å². The molecule has 0 spiro atoms. The third-order valence-electron chi connectivity index (χ3n) is 3.72. The molecule has 2 aromatic carbocycles. The molecule has 5 heteroatoms. The van der Waals surface area contributed by atoms with Crippen LogP contribution in [0.1, 0.15) is 18.1 Å². The number of halogens is 1. The highest BCUT2D eigenvalue weighted by atomic mass is 35.5. The van der Waals surface area contributed by atoms with Crippen LogP contribution in [0, 0.1) is 13.8 Å². The fourth-order valence-corrected chi connectivity index (χ4v) is 2.32. The van der Waals surface area contributed by atoms with Crippen molar-refractivity contribution in [2.45, 2.75) is 26.9 Å². The molecular weight excluding hydrogens is 326 g/mol. The van der Waals surface area contributed by atoms with E-state index in [-0.39, 0.29) is 5.91 Å². The van der Waals surface area contributed by atoms with Crippen molar-refractivity contribution in [1.82, 2.24) is 5.32 Å². The van der Waals surface area contributed by atoms with Gasteiger partial charge in [-0.05, 0) is 50.1 Å². The van der Waals surface area contributed by atoms with E-state index in [1.807, 2.05) is 44.2 Å². The van der Waals surface area contributed by atoms with E-state index in [0.29, 0.717) is 23.9 Å². The van der Waals surface area contributed by atoms with E-state index >= 15 is 0 Å². The van der Waals surface area contributed by atoms with Crippen LogP contribution in [0.2, 0.25) is 5.02 Å². The average Bonchev–Trinajstić information content (AvgIpc) is 2.57. The largest absolute Gasteiger partial charge is 0.491 e. The molecule has 0 saturated heterocycles. The van der Waals surface area contributed by atoms with Gasteiger partial charge in [-0.25, -0.2) is 0 Å². The molecule has 24 heavy (non-hydrogen) atoms. The van der Waals surface area contributed by atoms with Gasteiger partial charge in [-0.1, -0.05) is 35.9 Å². The summed E-state index contributed by atoms with van der Waals surface area (Å²) in [4.78, 5) is 12.1. The smallest absolute Gasteiger partial charge is 0.260 e. The van der Waals surface area contributed by atoms with Gasteiger partial charge in [0.2, 0.25) is 0 Å². The number of carbonyl (C=O) groups is 1. The Morgan fingerprint density at radius 2 is 1.83 bits per heavy atom. The zero-order valence-electron chi connectivity index (χ0n) is 14.1. The Labute approximate surface area is 147 Å². The van der Waals surface area contributed by atoms with Crippen LogP contribution in [0.3, 0.4) is 0 Å². The van der Waals surface area contributed by atoms with Crippen LogP contribution in [0.5, 0.6) is 11.5 Å². The summed E-state index contributed by atoms with van der Waals surface area (Å²) in [6.07, 6.45) is -0.634. The number of para-hydroxylation sites is 1. The summed E-state index contributed by atoms with van der Waals surface area (Å²) in [7, 11) is 0. The number of ether oxygens (including phenoxy) is 2. The molecule has 0 aliphatic carbocycles. The van der Waals surface area contributed by atoms with E-state index in [1.165, 1.54) is 5.56 Å². The monoisotopic (exact) mass is 347 g/mol. The second-order valence-electron chi connectivity index (χ2n) is 5.53. The number of rotatable bonds is 7. The van der Waals surface area contributed by atoms with Crippen LogP contribution in [-0.4, -0.2) is 25.2 Å². The highest BCUT2D eigenvalue weighted by Gasteiger charge is 2.15. The lowest BCUT2D eigenvalue weighted by Gasteiger charge is -2.16. The van der Waals surface area contributed by atoms with Crippen LogP contribution in [-0.2, 0) is 4.79 Å². The molecule has 1 atom stereocenters. The van der Waals surface area contributed by atoms with Crippen LogP contribution in [0.25, 0.3) is 0 Å². The molecule has 0 fully saturated rings. The molecule has 0 aliphatic heterocycles. The van der Waals surface area contributed by atoms with Crippen LogP contribution >= 0.6 is 11.6 Å². The Morgan fingerprint density at radius 1 is 1.12 bits per heavy atom. The maximum Gasteiger partial charge on any atom is 0.260 e. The lowest BCUT2D eigenvalue weighted by Crippen LogP contribution is -2.38. The fourth-order valence-electron chi connectivity index (χ4n) is 2.14. The number of nitrogens with one attached hydrogen (secondary N) is 1. The first-order valence-corrected chi connectivity index (χ1v) is 8.24. The van der Waals surface area contributed by atoms with E-state index in [4.69, 9.17) is 21.1 Å². The lowest BCUT2D eigenvalue weighted by molar-refractivity contribution is -0.127. The summed E-state index contributed by atoms with van der Waals surface area (Å²) in [5, 5.41) is 3.28. The number of hydrogen-bond acceptors (Lipinski definition) is 3. The summed E-state index contributed by atoms with van der Waals surface area (Å²) < 4.78 is 11.3. The van der Waals surface area contributed by atoms with Gasteiger partial charge in [0, 0.05) is 0 Å². The van der Waals surface area contributed by atoms with Crippen molar-refractivity contribution >= 4 is 17.5 Å². The summed E-state index contributed by atoms with van der Waals surface area (Å²) in [6, 6.07) is 13.0. The van der Waals surface area contributed by atoms with Crippen molar-refractivity contribution in [3.8, 4) is 11.5 Å². The second-order valence-corrected chi connectivity index (χ2v) is 5.94. The van der Waals surface area contributed by atoms with Crippen LogP contribution in [0.15, 0.2) is 42.5 Å². The number of aryl methyl sites for hydroxylation is 1. The third kappa shape index (κ3) is 4.90. The maximum atomic E-state index is 12.1. The topological polar surface area (TPSA) is 47.6 Å². The quantitative estimate of drug-likeness (QED) is 0.772. The zero-order chi connectivity index (χ0) is 17.5. The zero-order valence-corrected chi connectivity index (χ0v) is 14.9. The van der Waals surface area contributed by atoms with E-state index in [9.17, 15) is 4.79 Å². The highest BCUT2D eigenvalue weighted by Crippen LogP contribution is 2.24. The minimum absolute atomic E-state index is 0.209. The van der Waals surface area contributed by atoms with Gasteiger partial charge in [0.1, 0.15) is 18.1 Å². The first kappa shape index (κ1) is 18.1. The molecule has 0 aliphatic rings. The number of amides is 1. The van der Waals surface area contributed by atoms with Crippen LogP contribution < -0.4 is 14.8 Å². The Hall–Kier alpha value is -2.20. The molecule has 0 saturated carbocycles. The Bertz CT molecular complexity index is 703. The minimum Gasteiger partial charge on any atom is -0.491 e. The van der Waals surface area contributed by atoms with Gasteiger partial charge >= 0.3 is 0 Å². The van der Waals surface area contributed by atoms with Crippen molar-refractivity contribution in [3.63, 3.8) is 0 Å². The Morgan fingerprint density at radius 3 is 2.58 bits per heavy atom. The van der Waals surface area contributed by atoms with Crippen molar-refractivity contribution < 1.29 is 14.3 Å². The summed E-state index contributed by atoms with van der Waals surface area (Å²) >= 11 is 6.02. The van der Waals surface area contributed by atoms with Gasteiger partial charge in [-0.2, -0.15) is 0 Å². The number of carbonyl (C=O) groups excluding carboxylic acids is 1. The van der Waals surface area contributed by atoms with Gasteiger partial charge in [-0.3, -0.25) is 4.79 Å². The number of hydrogen-bond donors (Lipinski definition) is 1. The molecule has 2 aromatic rings. The van der Waals surface area contributed by atoms with E-state index in [0.717, 1.165) is 11.3 Å². The Kier molecular flexibility index (Phi) is 6.50. The molecule has 0 aromatic heterocycles. The summed E-state index contributed by atoms with van der Waals surface area (Å²) in [5.41, 5.74) is 2.29. The van der Waals surface area contributed by atoms with E-state index in [1.54, 1.807) is 19.1 Å². The van der Waals surface area contributed by atoms with Gasteiger partial charge in [0.25, 0.3) is 5.91 Å². The maximum absolute atomic E-state index is 12.1. The average molecular weight is 348 g/mol. The first-order chi connectivity index (χ1) is 11.5. The molecule has 128 valence electrons. The van der Waals surface area contributed by atoms with E-state index < -0.39 is 6.10 Å². The van der Waals surface area contributed by atoms with Gasteiger partial charge in [0.15, 0.2) is 6.10 Å². The van der Waals surface area contributed by atoms with Crippen molar-refractivity contribution in [2.24, 2.45) is 0 Å². The molecule has 1 amide bonds. The second kappa shape index (κ2) is 8.60. The molecule has 1 N–H and O–H groups in total. The molecule has 0 radical (unpaired) electrons. The molecule has 4 nitrogen and oxygen atoms in total. The first-order valence-electron chi connectivity index (χ1n) is 7.87. The predicted molar refractivity (Wildman–Crippen MR) is 96.0 cm³/mol. The summed E-state index contributed by atoms with van der Waals surface area (Å²) in [5.74, 6) is 1.12. The SMILES string of the molecule is Cc1cccc(OCCNC(=O)C(C)Oc2ccccc2Cl)c1C. The molecule has 1 unspecified atom stereocenters. The normalized spacial score (nSPS) is 11.7. The van der Waals surface area contributed by atoms with Crippen molar-refractivity contribution in [2.75, 3.05) is 13.2 Å². The lowest BCUT2D eigenvalue weighted by atomic mass is 10.1. The summed E-state index contributed by atoms with van der Waals surface area (Å²) in [6.45, 7) is 6.54. The number of benzene rings is 2. The minimum atomic E-state index is -0.634. The fraction of sp³-hybridized carbons (Fsp3) is 0.316. The molecular formula is C19H22ClNO3. The molecule has 0 bridgehead atoms. The van der Waals surface area contributed by atoms with Gasteiger partial charge < -0.3 is 14.8 Å². The predicted octanol–water partition coefficient (Wildman–Crippen LogP) is 3.92. The van der Waals surface area contributed by atoms with Gasteiger partial charge in [0.05, 0.1) is 11.6 Å².